The summed E-state index contributed by atoms with van der Waals surface area (Å²) in [6, 6.07) is 1.72. The largest absolute Gasteiger partial charge is 0.273 e. The molecule has 5 nitrogen and oxygen atoms in total. The summed E-state index contributed by atoms with van der Waals surface area (Å²) in [5.74, 6) is -0.0939. The van der Waals surface area contributed by atoms with E-state index < -0.39 is 0 Å². The van der Waals surface area contributed by atoms with E-state index in [4.69, 9.17) is 0 Å². The Balaban J connectivity index is 2.28. The Hall–Kier alpha value is -1.78. The quantitative estimate of drug-likeness (QED) is 0.616. The molecule has 2 rings (SSSR count). The van der Waals surface area contributed by atoms with Gasteiger partial charge in [-0.25, -0.2) is 15.4 Å². The molecule has 0 bridgehead atoms. The van der Waals surface area contributed by atoms with Crippen LogP contribution in [0, 0.1) is 0 Å². The average molecular weight is 162 g/mol. The lowest BCUT2D eigenvalue weighted by atomic mass is 10.2. The first-order valence-electron chi connectivity index (χ1n) is 3.48. The van der Waals surface area contributed by atoms with Crippen LogP contribution in [-0.2, 0) is 4.79 Å². The molecule has 12 heavy (non-hydrogen) atoms. The third-order valence-electron chi connectivity index (χ3n) is 1.52. The summed E-state index contributed by atoms with van der Waals surface area (Å²) in [6.45, 7) is 0. The lowest BCUT2D eigenvalue weighted by Crippen LogP contribution is -2.09. The third kappa shape index (κ3) is 1.16. The van der Waals surface area contributed by atoms with E-state index in [0.717, 1.165) is 0 Å². The molecule has 60 valence electrons. The van der Waals surface area contributed by atoms with Gasteiger partial charge in [0.1, 0.15) is 6.33 Å². The number of nitrogens with zero attached hydrogens (tertiary/aromatic N) is 3. The highest BCUT2D eigenvalue weighted by Crippen LogP contribution is 2.03. The van der Waals surface area contributed by atoms with E-state index in [-0.39, 0.29) is 5.91 Å². The van der Waals surface area contributed by atoms with Gasteiger partial charge in [0.25, 0.3) is 0 Å². The molecule has 1 aromatic rings. The van der Waals surface area contributed by atoms with Crippen molar-refractivity contribution in [1.29, 1.82) is 0 Å². The number of carbonyl (C=O) groups is 1. The van der Waals surface area contributed by atoms with Gasteiger partial charge in [-0.05, 0) is 6.07 Å². The number of carbonyl (C=O) groups excluding carboxylic acids is 1. The molecule has 2 heterocycles. The Bertz CT molecular complexity index is 333. The molecule has 0 unspecified atom stereocenters. The van der Waals surface area contributed by atoms with Crippen molar-refractivity contribution in [3.63, 3.8) is 0 Å². The van der Waals surface area contributed by atoms with E-state index in [1.54, 1.807) is 12.3 Å². The lowest BCUT2D eigenvalue weighted by molar-refractivity contribution is -0.119. The van der Waals surface area contributed by atoms with E-state index in [1.165, 1.54) is 6.33 Å². The van der Waals surface area contributed by atoms with Gasteiger partial charge in [-0.1, -0.05) is 0 Å². The summed E-state index contributed by atoms with van der Waals surface area (Å²) >= 11 is 0. The molecule has 1 aliphatic rings. The van der Waals surface area contributed by atoms with E-state index >= 15 is 0 Å². The molecule has 0 fully saturated rings. The minimum absolute atomic E-state index is 0.0939. The van der Waals surface area contributed by atoms with Crippen molar-refractivity contribution in [2.24, 2.45) is 5.10 Å². The monoisotopic (exact) mass is 162 g/mol. The van der Waals surface area contributed by atoms with Crippen LogP contribution in [0.4, 0.5) is 0 Å². The van der Waals surface area contributed by atoms with Crippen molar-refractivity contribution in [2.75, 3.05) is 0 Å². The molecule has 0 radical (unpaired) electrons. The Kier molecular flexibility index (Phi) is 1.55. The van der Waals surface area contributed by atoms with Crippen molar-refractivity contribution in [2.45, 2.75) is 6.42 Å². The van der Waals surface area contributed by atoms with Gasteiger partial charge in [0.15, 0.2) is 0 Å². The first-order valence-corrected chi connectivity index (χ1v) is 3.48. The second-order valence-electron chi connectivity index (χ2n) is 2.36. The average Bonchev–Trinajstić information content (AvgIpc) is 2.54. The van der Waals surface area contributed by atoms with Gasteiger partial charge < -0.3 is 0 Å². The number of nitrogens with one attached hydrogen (secondary N) is 1. The Morgan fingerprint density at radius 2 is 2.42 bits per heavy atom. The molecular formula is C7H6N4O. The summed E-state index contributed by atoms with van der Waals surface area (Å²) in [5, 5.41) is 3.81. The number of rotatable bonds is 1. The normalized spacial score (nSPS) is 15.7. The summed E-state index contributed by atoms with van der Waals surface area (Å²) in [5.41, 5.74) is 3.72. The Morgan fingerprint density at radius 3 is 3.00 bits per heavy atom. The maximum Gasteiger partial charge on any atom is 0.246 e. The lowest BCUT2D eigenvalue weighted by Gasteiger charge is -1.93. The minimum Gasteiger partial charge on any atom is -0.273 e. The van der Waals surface area contributed by atoms with Crippen molar-refractivity contribution < 1.29 is 4.79 Å². The smallest absolute Gasteiger partial charge is 0.246 e. The minimum atomic E-state index is -0.0939. The Labute approximate surface area is 68.5 Å². The van der Waals surface area contributed by atoms with Gasteiger partial charge in [0.05, 0.1) is 17.8 Å². The number of aromatic nitrogens is 2. The highest BCUT2D eigenvalue weighted by Gasteiger charge is 2.16. The maximum atomic E-state index is 10.8. The second kappa shape index (κ2) is 2.69. The summed E-state index contributed by atoms with van der Waals surface area (Å²) in [6.07, 6.45) is 3.35. The number of hydrogen-bond acceptors (Lipinski definition) is 4. The summed E-state index contributed by atoms with van der Waals surface area (Å²) in [7, 11) is 0. The molecule has 0 aromatic carbocycles. The first-order chi connectivity index (χ1) is 5.86. The highest BCUT2D eigenvalue weighted by molar-refractivity contribution is 6.12. The predicted molar refractivity (Wildman–Crippen MR) is 41.3 cm³/mol. The molecule has 0 aliphatic carbocycles. The van der Waals surface area contributed by atoms with Crippen LogP contribution < -0.4 is 5.43 Å². The first kappa shape index (κ1) is 6.90. The third-order valence-corrected chi connectivity index (χ3v) is 1.52. The molecule has 0 saturated heterocycles. The molecule has 1 N–H and O–H groups in total. The van der Waals surface area contributed by atoms with Crippen molar-refractivity contribution in [3.05, 3.63) is 24.3 Å². The number of hydrogen-bond donors (Lipinski definition) is 1. The zero-order valence-electron chi connectivity index (χ0n) is 6.19. The zero-order valence-corrected chi connectivity index (χ0v) is 6.19. The highest BCUT2D eigenvalue weighted by atomic mass is 16.2. The van der Waals surface area contributed by atoms with E-state index in [9.17, 15) is 4.79 Å². The van der Waals surface area contributed by atoms with Gasteiger partial charge in [-0.3, -0.25) is 4.79 Å². The molecule has 1 aliphatic heterocycles. The fourth-order valence-electron chi connectivity index (χ4n) is 0.970. The summed E-state index contributed by atoms with van der Waals surface area (Å²) < 4.78 is 0. The van der Waals surface area contributed by atoms with Gasteiger partial charge in [0.2, 0.25) is 5.91 Å². The summed E-state index contributed by atoms with van der Waals surface area (Å²) in [4.78, 5) is 18.5. The second-order valence-corrected chi connectivity index (χ2v) is 2.36. The van der Waals surface area contributed by atoms with Crippen LogP contribution in [0.3, 0.4) is 0 Å². The van der Waals surface area contributed by atoms with Gasteiger partial charge >= 0.3 is 0 Å². The fraction of sp³-hybridized carbons (Fsp3) is 0.143. The predicted octanol–water partition coefficient (Wildman–Crippen LogP) is -0.299. The zero-order chi connectivity index (χ0) is 8.39. The number of amides is 1. The van der Waals surface area contributed by atoms with Crippen LogP contribution >= 0.6 is 0 Å². The van der Waals surface area contributed by atoms with Crippen LogP contribution in [-0.4, -0.2) is 21.6 Å². The van der Waals surface area contributed by atoms with Crippen LogP contribution in [0.15, 0.2) is 23.7 Å². The van der Waals surface area contributed by atoms with Crippen LogP contribution in [0.2, 0.25) is 0 Å². The van der Waals surface area contributed by atoms with Crippen molar-refractivity contribution in [3.8, 4) is 0 Å². The van der Waals surface area contributed by atoms with E-state index in [1.807, 2.05) is 0 Å². The molecule has 0 spiro atoms. The SMILES string of the molecule is O=C1CC(c2ccncn2)=NN1. The van der Waals surface area contributed by atoms with Gasteiger partial charge in [0, 0.05) is 6.20 Å². The maximum absolute atomic E-state index is 10.8. The fourth-order valence-corrected chi connectivity index (χ4v) is 0.970. The molecule has 0 atom stereocenters. The molecule has 5 heteroatoms. The van der Waals surface area contributed by atoms with E-state index in [2.05, 4.69) is 20.5 Å². The van der Waals surface area contributed by atoms with Gasteiger partial charge in [-0.15, -0.1) is 0 Å². The van der Waals surface area contributed by atoms with Gasteiger partial charge in [-0.2, -0.15) is 5.10 Å². The molecular weight excluding hydrogens is 156 g/mol. The topological polar surface area (TPSA) is 67.2 Å². The molecule has 0 saturated carbocycles. The van der Waals surface area contributed by atoms with Crippen LogP contribution in [0.1, 0.15) is 12.1 Å². The molecule has 1 amide bonds. The van der Waals surface area contributed by atoms with Crippen molar-refractivity contribution >= 4 is 11.6 Å². The van der Waals surface area contributed by atoms with Crippen LogP contribution in [0.5, 0.6) is 0 Å². The standard InChI is InChI=1S/C7H6N4O/c12-7-3-6(10-11-7)5-1-2-8-4-9-5/h1-2,4H,3H2,(H,11,12). The molecule has 1 aromatic heterocycles. The van der Waals surface area contributed by atoms with Crippen LogP contribution in [0.25, 0.3) is 0 Å². The van der Waals surface area contributed by atoms with Crippen molar-refractivity contribution in [1.82, 2.24) is 15.4 Å². The number of hydrazone groups is 1. The van der Waals surface area contributed by atoms with E-state index in [0.29, 0.717) is 17.8 Å². The Morgan fingerprint density at radius 1 is 1.50 bits per heavy atom.